The Morgan fingerprint density at radius 1 is 1.23 bits per heavy atom. The highest BCUT2D eigenvalue weighted by atomic mass is 32.2. The Kier molecular flexibility index (Phi) is 5.79. The predicted molar refractivity (Wildman–Crippen MR) is 93.2 cm³/mol. The first-order valence-corrected chi connectivity index (χ1v) is 9.46. The lowest BCUT2D eigenvalue weighted by Crippen LogP contribution is -2.25. The van der Waals surface area contributed by atoms with Crippen molar-refractivity contribution < 1.29 is 9.00 Å². The first-order chi connectivity index (χ1) is 10.4. The van der Waals surface area contributed by atoms with Crippen molar-refractivity contribution in [2.75, 3.05) is 5.32 Å². The lowest BCUT2D eigenvalue weighted by Gasteiger charge is -2.21. The molecule has 0 spiro atoms. The van der Waals surface area contributed by atoms with Crippen molar-refractivity contribution in [3.05, 3.63) is 29.8 Å². The topological polar surface area (TPSA) is 46.2 Å². The number of hydrogen-bond acceptors (Lipinski definition) is 2. The Morgan fingerprint density at radius 2 is 1.91 bits per heavy atom. The SMILES string of the molecule is CC(C)(C)S(=O)Cc1cccc(NC(=O)C2CCCCC2)c1. The minimum absolute atomic E-state index is 0.133. The van der Waals surface area contributed by atoms with E-state index < -0.39 is 10.8 Å². The Hall–Kier alpha value is -1.16. The summed E-state index contributed by atoms with van der Waals surface area (Å²) in [5, 5.41) is 3.03. The van der Waals surface area contributed by atoms with Crippen molar-refractivity contribution in [1.29, 1.82) is 0 Å². The number of carbonyl (C=O) groups is 1. The van der Waals surface area contributed by atoms with Gasteiger partial charge in [-0.1, -0.05) is 31.4 Å². The molecule has 122 valence electrons. The first-order valence-electron chi connectivity index (χ1n) is 8.14. The van der Waals surface area contributed by atoms with Gasteiger partial charge in [0.15, 0.2) is 0 Å². The Balaban J connectivity index is 1.99. The molecule has 1 unspecified atom stereocenters. The molecule has 22 heavy (non-hydrogen) atoms. The molecule has 1 aromatic rings. The zero-order chi connectivity index (χ0) is 16.2. The van der Waals surface area contributed by atoms with Crippen LogP contribution in [-0.4, -0.2) is 14.9 Å². The zero-order valence-electron chi connectivity index (χ0n) is 13.9. The van der Waals surface area contributed by atoms with E-state index in [1.54, 1.807) is 0 Å². The third-order valence-corrected chi connectivity index (χ3v) is 6.11. The van der Waals surface area contributed by atoms with Gasteiger partial charge in [-0.2, -0.15) is 0 Å². The van der Waals surface area contributed by atoms with Crippen LogP contribution in [0.5, 0.6) is 0 Å². The largest absolute Gasteiger partial charge is 0.326 e. The fourth-order valence-corrected chi connectivity index (χ4v) is 3.63. The normalized spacial score (nSPS) is 18.0. The first kappa shape index (κ1) is 17.2. The number of carbonyl (C=O) groups excluding carboxylic acids is 1. The highest BCUT2D eigenvalue weighted by molar-refractivity contribution is 7.85. The number of benzene rings is 1. The molecule has 1 N–H and O–H groups in total. The monoisotopic (exact) mass is 321 g/mol. The van der Waals surface area contributed by atoms with Gasteiger partial charge in [0.1, 0.15) is 0 Å². The molecule has 0 bridgehead atoms. The number of nitrogens with one attached hydrogen (secondary N) is 1. The second-order valence-corrected chi connectivity index (χ2v) is 9.33. The van der Waals surface area contributed by atoms with Crippen LogP contribution >= 0.6 is 0 Å². The van der Waals surface area contributed by atoms with Gasteiger partial charge in [-0.15, -0.1) is 0 Å². The maximum absolute atomic E-state index is 12.3. The van der Waals surface area contributed by atoms with E-state index in [-0.39, 0.29) is 16.6 Å². The van der Waals surface area contributed by atoms with E-state index in [0.29, 0.717) is 5.75 Å². The van der Waals surface area contributed by atoms with Crippen molar-refractivity contribution in [3.8, 4) is 0 Å². The Bertz CT molecular complexity index is 542. The van der Waals surface area contributed by atoms with E-state index in [9.17, 15) is 9.00 Å². The van der Waals surface area contributed by atoms with E-state index in [1.165, 1.54) is 6.42 Å². The molecule has 0 heterocycles. The molecule has 1 saturated carbocycles. The highest BCUT2D eigenvalue weighted by Crippen LogP contribution is 2.25. The smallest absolute Gasteiger partial charge is 0.227 e. The molecule has 1 fully saturated rings. The summed E-state index contributed by atoms with van der Waals surface area (Å²) in [4.78, 5) is 12.3. The van der Waals surface area contributed by atoms with E-state index in [2.05, 4.69) is 5.32 Å². The van der Waals surface area contributed by atoms with E-state index >= 15 is 0 Å². The standard InChI is InChI=1S/C18H27NO2S/c1-18(2,3)22(21)13-14-8-7-11-16(12-14)19-17(20)15-9-5-4-6-10-15/h7-8,11-12,15H,4-6,9-10,13H2,1-3H3,(H,19,20). The molecular weight excluding hydrogens is 294 g/mol. The summed E-state index contributed by atoms with van der Waals surface area (Å²) in [5.74, 6) is 0.811. The van der Waals surface area contributed by atoms with E-state index in [1.807, 2.05) is 45.0 Å². The van der Waals surface area contributed by atoms with Crippen LogP contribution in [0.25, 0.3) is 0 Å². The molecule has 0 aliphatic heterocycles. The van der Waals surface area contributed by atoms with Gasteiger partial charge in [-0.25, -0.2) is 0 Å². The van der Waals surface area contributed by atoms with Crippen LogP contribution in [0.2, 0.25) is 0 Å². The van der Waals surface area contributed by atoms with Crippen LogP contribution in [0.15, 0.2) is 24.3 Å². The summed E-state index contributed by atoms with van der Waals surface area (Å²) in [6, 6.07) is 7.75. The molecule has 1 aliphatic carbocycles. The quantitative estimate of drug-likeness (QED) is 0.901. The van der Waals surface area contributed by atoms with Crippen molar-refractivity contribution in [1.82, 2.24) is 0 Å². The number of anilines is 1. The molecule has 0 radical (unpaired) electrons. The molecule has 1 atom stereocenters. The molecule has 3 nitrogen and oxygen atoms in total. The van der Waals surface area contributed by atoms with Gasteiger partial charge in [0.2, 0.25) is 5.91 Å². The van der Waals surface area contributed by atoms with Gasteiger partial charge < -0.3 is 5.32 Å². The van der Waals surface area contributed by atoms with E-state index in [0.717, 1.165) is 36.9 Å². The number of amides is 1. The molecule has 2 rings (SSSR count). The fourth-order valence-electron chi connectivity index (χ4n) is 2.72. The third kappa shape index (κ3) is 4.94. The minimum atomic E-state index is -0.926. The van der Waals surface area contributed by atoms with Crippen LogP contribution in [0.3, 0.4) is 0 Å². The Labute approximate surface area is 136 Å². The van der Waals surface area contributed by atoms with Crippen molar-refractivity contribution >= 4 is 22.4 Å². The Morgan fingerprint density at radius 3 is 2.55 bits per heavy atom. The molecular formula is C18H27NO2S. The molecule has 4 heteroatoms. The van der Waals surface area contributed by atoms with Crippen LogP contribution in [0.1, 0.15) is 58.4 Å². The summed E-state index contributed by atoms with van der Waals surface area (Å²) >= 11 is 0. The minimum Gasteiger partial charge on any atom is -0.326 e. The molecule has 1 aliphatic rings. The summed E-state index contributed by atoms with van der Waals surface area (Å²) in [6.07, 6.45) is 5.56. The number of rotatable bonds is 4. The maximum atomic E-state index is 12.3. The molecule has 1 aromatic carbocycles. The summed E-state index contributed by atoms with van der Waals surface area (Å²) in [5.41, 5.74) is 1.83. The molecule has 0 aromatic heterocycles. The summed E-state index contributed by atoms with van der Waals surface area (Å²) in [6.45, 7) is 5.95. The van der Waals surface area contributed by atoms with E-state index in [4.69, 9.17) is 0 Å². The molecule has 0 saturated heterocycles. The zero-order valence-corrected chi connectivity index (χ0v) is 14.7. The van der Waals surface area contributed by atoms with Crippen molar-refractivity contribution in [2.45, 2.75) is 63.4 Å². The van der Waals surface area contributed by atoms with Gasteiger partial charge in [0.25, 0.3) is 0 Å². The summed E-state index contributed by atoms with van der Waals surface area (Å²) in [7, 11) is -0.926. The van der Waals surface area contributed by atoms with Crippen LogP contribution in [0, 0.1) is 5.92 Å². The predicted octanol–water partition coefficient (Wildman–Crippen LogP) is 4.25. The van der Waals surface area contributed by atoms with Gasteiger partial charge in [-0.05, 0) is 51.3 Å². The second-order valence-electron chi connectivity index (χ2n) is 7.13. The van der Waals surface area contributed by atoms with Gasteiger partial charge in [0, 0.05) is 32.9 Å². The average molecular weight is 321 g/mol. The molecule has 1 amide bonds. The second kappa shape index (κ2) is 7.40. The average Bonchev–Trinajstić information content (AvgIpc) is 2.47. The van der Waals surface area contributed by atoms with Gasteiger partial charge in [-0.3, -0.25) is 9.00 Å². The third-order valence-electron chi connectivity index (χ3n) is 4.15. The van der Waals surface area contributed by atoms with Crippen LogP contribution < -0.4 is 5.32 Å². The lowest BCUT2D eigenvalue weighted by atomic mass is 9.88. The van der Waals surface area contributed by atoms with Crippen molar-refractivity contribution in [3.63, 3.8) is 0 Å². The fraction of sp³-hybridized carbons (Fsp3) is 0.611. The van der Waals surface area contributed by atoms with Crippen LogP contribution in [0.4, 0.5) is 5.69 Å². The summed E-state index contributed by atoms with van der Waals surface area (Å²) < 4.78 is 12.0. The van der Waals surface area contributed by atoms with Crippen LogP contribution in [-0.2, 0) is 21.3 Å². The highest BCUT2D eigenvalue weighted by Gasteiger charge is 2.22. The lowest BCUT2D eigenvalue weighted by molar-refractivity contribution is -0.120. The van der Waals surface area contributed by atoms with Gasteiger partial charge in [0.05, 0.1) is 0 Å². The maximum Gasteiger partial charge on any atom is 0.227 e. The number of hydrogen-bond donors (Lipinski definition) is 1. The van der Waals surface area contributed by atoms with Crippen molar-refractivity contribution in [2.24, 2.45) is 5.92 Å². The van der Waals surface area contributed by atoms with Gasteiger partial charge >= 0.3 is 0 Å².